The number of methoxy groups -OCH3 is 1. The van der Waals surface area contributed by atoms with Crippen LogP contribution in [0.5, 0.6) is 11.5 Å². The molecule has 23 heavy (non-hydrogen) atoms. The van der Waals surface area contributed by atoms with Gasteiger partial charge in [0, 0.05) is 6.54 Å². The molecular weight excluding hydrogens is 362 g/mol. The SMILES string of the molecule is COc1cc(CNC(CC(C)C)C(=O)O)cc(Br)c1OC(C)C. The topological polar surface area (TPSA) is 67.8 Å². The number of benzene rings is 1. The summed E-state index contributed by atoms with van der Waals surface area (Å²) in [6.07, 6.45) is 0.619. The molecule has 0 spiro atoms. The summed E-state index contributed by atoms with van der Waals surface area (Å²) < 4.78 is 11.9. The van der Waals surface area contributed by atoms with Gasteiger partial charge in [0.2, 0.25) is 0 Å². The molecule has 0 bridgehead atoms. The molecule has 1 unspecified atom stereocenters. The minimum atomic E-state index is -0.829. The Kier molecular flexibility index (Phi) is 7.85. The smallest absolute Gasteiger partial charge is 0.320 e. The van der Waals surface area contributed by atoms with Crippen LogP contribution in [0.4, 0.5) is 0 Å². The van der Waals surface area contributed by atoms with Gasteiger partial charge in [-0.25, -0.2) is 0 Å². The summed E-state index contributed by atoms with van der Waals surface area (Å²) in [4.78, 5) is 11.3. The van der Waals surface area contributed by atoms with E-state index in [9.17, 15) is 9.90 Å². The van der Waals surface area contributed by atoms with Crippen molar-refractivity contribution in [2.75, 3.05) is 7.11 Å². The number of carboxylic acid groups (broad SMARTS) is 1. The van der Waals surface area contributed by atoms with Gasteiger partial charge in [0.05, 0.1) is 17.7 Å². The van der Waals surface area contributed by atoms with E-state index < -0.39 is 12.0 Å². The highest BCUT2D eigenvalue weighted by atomic mass is 79.9. The third kappa shape index (κ3) is 6.39. The summed E-state index contributed by atoms with van der Waals surface area (Å²) in [7, 11) is 1.59. The van der Waals surface area contributed by atoms with Crippen LogP contribution >= 0.6 is 15.9 Å². The molecule has 0 heterocycles. The molecule has 1 atom stereocenters. The van der Waals surface area contributed by atoms with Gasteiger partial charge in [0.15, 0.2) is 11.5 Å². The maximum absolute atomic E-state index is 11.3. The monoisotopic (exact) mass is 387 g/mol. The van der Waals surface area contributed by atoms with Gasteiger partial charge in [-0.15, -0.1) is 0 Å². The fraction of sp³-hybridized carbons (Fsp3) is 0.588. The lowest BCUT2D eigenvalue weighted by Gasteiger charge is -2.19. The van der Waals surface area contributed by atoms with Crippen molar-refractivity contribution in [2.45, 2.75) is 52.8 Å². The van der Waals surface area contributed by atoms with E-state index in [4.69, 9.17) is 9.47 Å². The predicted octanol–water partition coefficient (Wildman–Crippen LogP) is 3.83. The van der Waals surface area contributed by atoms with Crippen LogP contribution in [0.25, 0.3) is 0 Å². The van der Waals surface area contributed by atoms with E-state index in [-0.39, 0.29) is 6.10 Å². The molecule has 6 heteroatoms. The van der Waals surface area contributed by atoms with E-state index in [0.29, 0.717) is 30.4 Å². The fourth-order valence-corrected chi connectivity index (χ4v) is 2.79. The lowest BCUT2D eigenvalue weighted by molar-refractivity contribution is -0.140. The third-order valence-electron chi connectivity index (χ3n) is 3.20. The van der Waals surface area contributed by atoms with E-state index >= 15 is 0 Å². The molecule has 1 aromatic carbocycles. The molecule has 0 radical (unpaired) electrons. The summed E-state index contributed by atoms with van der Waals surface area (Å²) in [5, 5.41) is 12.4. The Morgan fingerprint density at radius 2 is 1.96 bits per heavy atom. The number of aliphatic carboxylic acids is 1. The Bertz CT molecular complexity index is 532. The first-order valence-corrected chi connectivity index (χ1v) is 8.53. The first-order chi connectivity index (χ1) is 10.7. The molecule has 0 aliphatic rings. The van der Waals surface area contributed by atoms with Gasteiger partial charge in [-0.05, 0) is 59.8 Å². The van der Waals surface area contributed by atoms with E-state index in [1.807, 2.05) is 39.8 Å². The Labute approximate surface area is 146 Å². The van der Waals surface area contributed by atoms with Gasteiger partial charge in [-0.2, -0.15) is 0 Å². The maximum Gasteiger partial charge on any atom is 0.320 e. The van der Waals surface area contributed by atoms with Crippen LogP contribution in [-0.2, 0) is 11.3 Å². The van der Waals surface area contributed by atoms with E-state index in [0.717, 1.165) is 10.0 Å². The zero-order valence-electron chi connectivity index (χ0n) is 14.4. The van der Waals surface area contributed by atoms with Crippen LogP contribution in [0.3, 0.4) is 0 Å². The number of rotatable bonds is 9. The van der Waals surface area contributed by atoms with Gasteiger partial charge in [0.1, 0.15) is 6.04 Å². The average Bonchev–Trinajstić information content (AvgIpc) is 2.44. The van der Waals surface area contributed by atoms with Crippen molar-refractivity contribution < 1.29 is 19.4 Å². The van der Waals surface area contributed by atoms with Crippen molar-refractivity contribution in [3.8, 4) is 11.5 Å². The van der Waals surface area contributed by atoms with Crippen molar-refractivity contribution >= 4 is 21.9 Å². The zero-order chi connectivity index (χ0) is 17.6. The highest BCUT2D eigenvalue weighted by Crippen LogP contribution is 2.37. The van der Waals surface area contributed by atoms with Crippen molar-refractivity contribution in [3.63, 3.8) is 0 Å². The van der Waals surface area contributed by atoms with Crippen molar-refractivity contribution in [2.24, 2.45) is 5.92 Å². The Balaban J connectivity index is 2.88. The van der Waals surface area contributed by atoms with Gasteiger partial charge in [-0.3, -0.25) is 4.79 Å². The second-order valence-corrected chi connectivity index (χ2v) is 7.03. The number of carbonyl (C=O) groups is 1. The number of ether oxygens (including phenoxy) is 2. The summed E-state index contributed by atoms with van der Waals surface area (Å²) in [6.45, 7) is 8.36. The molecule has 0 amide bonds. The molecular formula is C17H26BrNO4. The molecule has 0 aromatic heterocycles. The van der Waals surface area contributed by atoms with E-state index in [1.54, 1.807) is 7.11 Å². The van der Waals surface area contributed by atoms with Crippen LogP contribution in [0, 0.1) is 5.92 Å². The Morgan fingerprint density at radius 1 is 1.30 bits per heavy atom. The van der Waals surface area contributed by atoms with Crippen molar-refractivity contribution in [1.29, 1.82) is 0 Å². The molecule has 0 aliphatic carbocycles. The molecule has 5 nitrogen and oxygen atoms in total. The largest absolute Gasteiger partial charge is 0.493 e. The van der Waals surface area contributed by atoms with E-state index in [2.05, 4.69) is 21.2 Å². The number of hydrogen-bond acceptors (Lipinski definition) is 4. The number of carboxylic acids is 1. The maximum atomic E-state index is 11.3. The van der Waals surface area contributed by atoms with Crippen molar-refractivity contribution in [1.82, 2.24) is 5.32 Å². The predicted molar refractivity (Wildman–Crippen MR) is 94.2 cm³/mol. The van der Waals surface area contributed by atoms with Gasteiger partial charge in [0.25, 0.3) is 0 Å². The molecule has 2 N–H and O–H groups in total. The molecule has 1 aromatic rings. The van der Waals surface area contributed by atoms with Crippen molar-refractivity contribution in [3.05, 3.63) is 22.2 Å². The quantitative estimate of drug-likeness (QED) is 0.673. The van der Waals surface area contributed by atoms with E-state index in [1.165, 1.54) is 0 Å². The normalized spacial score (nSPS) is 12.5. The summed E-state index contributed by atoms with van der Waals surface area (Å²) in [5.74, 6) is 0.764. The zero-order valence-corrected chi connectivity index (χ0v) is 15.9. The second kappa shape index (κ2) is 9.13. The number of halogens is 1. The average molecular weight is 388 g/mol. The minimum absolute atomic E-state index is 0.0339. The number of nitrogens with one attached hydrogen (secondary N) is 1. The van der Waals surface area contributed by atoms with Gasteiger partial charge >= 0.3 is 5.97 Å². The first-order valence-electron chi connectivity index (χ1n) is 7.73. The molecule has 0 saturated heterocycles. The van der Waals surface area contributed by atoms with Gasteiger partial charge < -0.3 is 19.9 Å². The molecule has 130 valence electrons. The first kappa shape index (κ1) is 19.8. The Hall–Kier alpha value is -1.27. The van der Waals surface area contributed by atoms with Gasteiger partial charge in [-0.1, -0.05) is 13.8 Å². The highest BCUT2D eigenvalue weighted by molar-refractivity contribution is 9.10. The van der Waals surface area contributed by atoms with Crippen LogP contribution < -0.4 is 14.8 Å². The van der Waals surface area contributed by atoms with Crippen LogP contribution in [0.15, 0.2) is 16.6 Å². The van der Waals surface area contributed by atoms with Crippen LogP contribution in [0.1, 0.15) is 39.7 Å². The lowest BCUT2D eigenvalue weighted by Crippen LogP contribution is -2.37. The molecule has 1 rings (SSSR count). The fourth-order valence-electron chi connectivity index (χ4n) is 2.21. The molecule has 0 fully saturated rings. The highest BCUT2D eigenvalue weighted by Gasteiger charge is 2.19. The Morgan fingerprint density at radius 3 is 2.43 bits per heavy atom. The summed E-state index contributed by atoms with van der Waals surface area (Å²) in [5.41, 5.74) is 0.930. The lowest BCUT2D eigenvalue weighted by atomic mass is 10.0. The molecule has 0 aliphatic heterocycles. The van der Waals surface area contributed by atoms with Crippen LogP contribution in [0.2, 0.25) is 0 Å². The summed E-state index contributed by atoms with van der Waals surface area (Å²) >= 11 is 3.49. The number of hydrogen-bond donors (Lipinski definition) is 2. The minimum Gasteiger partial charge on any atom is -0.493 e. The molecule has 0 saturated carbocycles. The van der Waals surface area contributed by atoms with Crippen LogP contribution in [-0.4, -0.2) is 30.3 Å². The second-order valence-electron chi connectivity index (χ2n) is 6.18. The third-order valence-corrected chi connectivity index (χ3v) is 3.79. The standard InChI is InChI=1S/C17H26BrNO4/c1-10(2)6-14(17(20)21)19-9-12-7-13(18)16(23-11(3)4)15(8-12)22-5/h7-8,10-11,14,19H,6,9H2,1-5H3,(H,20,21). The summed E-state index contributed by atoms with van der Waals surface area (Å²) in [6, 6.07) is 3.22.